The van der Waals surface area contributed by atoms with Gasteiger partial charge in [0.15, 0.2) is 0 Å². The van der Waals surface area contributed by atoms with Crippen LogP contribution in [0.5, 0.6) is 0 Å². The predicted octanol–water partition coefficient (Wildman–Crippen LogP) is 4.00. The fraction of sp³-hybridized carbons (Fsp3) is 0.150. The van der Waals surface area contributed by atoms with Gasteiger partial charge in [0.1, 0.15) is 6.54 Å². The van der Waals surface area contributed by atoms with Crippen LogP contribution >= 0.6 is 0 Å². The zero-order valence-electron chi connectivity index (χ0n) is 15.3. The van der Waals surface area contributed by atoms with Gasteiger partial charge in [0.25, 0.3) is 5.91 Å². The lowest BCUT2D eigenvalue weighted by Crippen LogP contribution is -2.26. The van der Waals surface area contributed by atoms with Gasteiger partial charge in [-0.1, -0.05) is 30.3 Å². The van der Waals surface area contributed by atoms with E-state index in [-0.39, 0.29) is 11.0 Å². The van der Waals surface area contributed by atoms with E-state index in [1.165, 1.54) is 18.3 Å². The van der Waals surface area contributed by atoms with Crippen molar-refractivity contribution in [2.45, 2.75) is 19.6 Å². The van der Waals surface area contributed by atoms with Crippen LogP contribution in [0.3, 0.4) is 0 Å². The number of halogens is 3. The van der Waals surface area contributed by atoms with Crippen LogP contribution in [0.4, 0.5) is 13.2 Å². The molecule has 2 heterocycles. The van der Waals surface area contributed by atoms with Crippen molar-refractivity contribution in [2.24, 2.45) is 5.10 Å². The SMILES string of the molecule is Cc1[nH]c2ccccc2c1/C=N/NC(=O)Cn1c(C(F)(F)F)nc2ccccc21. The number of rotatable bonds is 4. The lowest BCUT2D eigenvalue weighted by molar-refractivity contribution is -0.147. The summed E-state index contributed by atoms with van der Waals surface area (Å²) in [4.78, 5) is 19.1. The molecular weight excluding hydrogens is 383 g/mol. The van der Waals surface area contributed by atoms with E-state index >= 15 is 0 Å². The highest BCUT2D eigenvalue weighted by Crippen LogP contribution is 2.31. The summed E-state index contributed by atoms with van der Waals surface area (Å²) in [7, 11) is 0. The standard InChI is InChI=1S/C20H16F3N5O/c1-12-14(13-6-2-3-7-15(13)25-12)10-24-27-18(29)11-28-17-9-5-4-8-16(17)26-19(28)20(21,22)23/h2-10,25H,11H2,1H3,(H,27,29)/b24-10+. The van der Waals surface area contributed by atoms with E-state index in [0.29, 0.717) is 0 Å². The Morgan fingerprint density at radius 3 is 2.72 bits per heavy atom. The molecule has 0 radical (unpaired) electrons. The Morgan fingerprint density at radius 1 is 1.21 bits per heavy atom. The minimum Gasteiger partial charge on any atom is -0.358 e. The summed E-state index contributed by atoms with van der Waals surface area (Å²) in [6.07, 6.45) is -3.20. The molecule has 6 nitrogen and oxygen atoms in total. The number of alkyl halides is 3. The van der Waals surface area contributed by atoms with E-state index in [2.05, 4.69) is 20.5 Å². The summed E-state index contributed by atoms with van der Waals surface area (Å²) in [5, 5.41) is 4.85. The van der Waals surface area contributed by atoms with Crippen LogP contribution in [-0.4, -0.2) is 26.7 Å². The number of amides is 1. The summed E-state index contributed by atoms with van der Waals surface area (Å²) in [6, 6.07) is 13.8. The Bertz CT molecular complexity index is 1240. The Hall–Kier alpha value is -3.62. The highest BCUT2D eigenvalue weighted by atomic mass is 19.4. The van der Waals surface area contributed by atoms with Gasteiger partial charge in [-0.15, -0.1) is 0 Å². The molecule has 0 bridgehead atoms. The van der Waals surface area contributed by atoms with Crippen molar-refractivity contribution < 1.29 is 18.0 Å². The quantitative estimate of drug-likeness (QED) is 0.402. The number of hydrogen-bond donors (Lipinski definition) is 2. The number of para-hydroxylation sites is 3. The number of aryl methyl sites for hydroxylation is 1. The molecule has 0 unspecified atom stereocenters. The van der Waals surface area contributed by atoms with Crippen molar-refractivity contribution in [3.05, 3.63) is 65.6 Å². The minimum absolute atomic E-state index is 0.172. The normalized spacial score (nSPS) is 12.3. The van der Waals surface area contributed by atoms with E-state index in [4.69, 9.17) is 0 Å². The zero-order valence-corrected chi connectivity index (χ0v) is 15.3. The molecule has 2 N–H and O–H groups in total. The van der Waals surface area contributed by atoms with Crippen molar-refractivity contribution in [1.82, 2.24) is 20.0 Å². The first kappa shape index (κ1) is 18.7. The van der Waals surface area contributed by atoms with Crippen molar-refractivity contribution in [3.63, 3.8) is 0 Å². The van der Waals surface area contributed by atoms with Gasteiger partial charge < -0.3 is 9.55 Å². The average Bonchev–Trinajstić information content (AvgIpc) is 3.20. The van der Waals surface area contributed by atoms with Crippen molar-refractivity contribution >= 4 is 34.1 Å². The number of carbonyl (C=O) groups excluding carboxylic acids is 1. The van der Waals surface area contributed by atoms with Crippen molar-refractivity contribution in [2.75, 3.05) is 0 Å². The van der Waals surface area contributed by atoms with Gasteiger partial charge in [-0.05, 0) is 25.1 Å². The second kappa shape index (κ2) is 7.08. The molecule has 0 saturated heterocycles. The summed E-state index contributed by atoms with van der Waals surface area (Å²) in [5.41, 5.74) is 5.28. The van der Waals surface area contributed by atoms with Gasteiger partial charge >= 0.3 is 6.18 Å². The molecule has 0 saturated carbocycles. The van der Waals surface area contributed by atoms with Gasteiger partial charge in [-0.3, -0.25) is 4.79 Å². The van der Waals surface area contributed by atoms with Crippen LogP contribution in [0.15, 0.2) is 53.6 Å². The third-order valence-electron chi connectivity index (χ3n) is 4.54. The van der Waals surface area contributed by atoms with Crippen LogP contribution in [0.2, 0.25) is 0 Å². The summed E-state index contributed by atoms with van der Waals surface area (Å²) in [5.74, 6) is -1.81. The first-order chi connectivity index (χ1) is 13.8. The van der Waals surface area contributed by atoms with E-state index in [1.807, 2.05) is 31.2 Å². The molecule has 1 amide bonds. The molecule has 0 fully saturated rings. The molecule has 0 aliphatic rings. The number of H-pyrrole nitrogens is 1. The monoisotopic (exact) mass is 399 g/mol. The molecule has 4 rings (SSSR count). The molecule has 0 atom stereocenters. The lowest BCUT2D eigenvalue weighted by Gasteiger charge is -2.10. The Balaban J connectivity index is 1.56. The lowest BCUT2D eigenvalue weighted by atomic mass is 10.1. The number of nitrogens with one attached hydrogen (secondary N) is 2. The van der Waals surface area contributed by atoms with Crippen LogP contribution in [0.25, 0.3) is 21.9 Å². The second-order valence-electron chi connectivity index (χ2n) is 6.51. The van der Waals surface area contributed by atoms with Gasteiger partial charge in [0, 0.05) is 22.2 Å². The number of hydrazone groups is 1. The highest BCUT2D eigenvalue weighted by molar-refractivity contribution is 6.00. The molecular formula is C20H16F3N5O. The molecule has 2 aromatic heterocycles. The first-order valence-corrected chi connectivity index (χ1v) is 8.76. The smallest absolute Gasteiger partial charge is 0.358 e. The number of nitrogens with zero attached hydrogens (tertiary/aromatic N) is 3. The van der Waals surface area contributed by atoms with Crippen LogP contribution < -0.4 is 5.43 Å². The zero-order chi connectivity index (χ0) is 20.6. The van der Waals surface area contributed by atoms with E-state index in [9.17, 15) is 18.0 Å². The Morgan fingerprint density at radius 2 is 1.93 bits per heavy atom. The first-order valence-electron chi connectivity index (χ1n) is 8.76. The number of fused-ring (bicyclic) bond motifs is 2. The largest absolute Gasteiger partial charge is 0.449 e. The number of carbonyl (C=O) groups is 1. The number of hydrogen-bond acceptors (Lipinski definition) is 3. The number of aromatic amines is 1. The summed E-state index contributed by atoms with van der Waals surface area (Å²) < 4.78 is 40.8. The molecule has 4 aromatic rings. The highest BCUT2D eigenvalue weighted by Gasteiger charge is 2.37. The van der Waals surface area contributed by atoms with Gasteiger partial charge in [-0.2, -0.15) is 18.3 Å². The second-order valence-corrected chi connectivity index (χ2v) is 6.51. The Labute approximate surface area is 163 Å². The topological polar surface area (TPSA) is 75.1 Å². The molecule has 29 heavy (non-hydrogen) atoms. The van der Waals surface area contributed by atoms with E-state index in [0.717, 1.165) is 26.7 Å². The fourth-order valence-corrected chi connectivity index (χ4v) is 3.26. The van der Waals surface area contributed by atoms with Crippen LogP contribution in [0, 0.1) is 6.92 Å². The third-order valence-corrected chi connectivity index (χ3v) is 4.54. The van der Waals surface area contributed by atoms with Gasteiger partial charge in [0.05, 0.1) is 17.2 Å². The molecule has 0 aliphatic heterocycles. The maximum absolute atomic E-state index is 13.3. The maximum atomic E-state index is 13.3. The molecule has 2 aromatic carbocycles. The molecule has 148 valence electrons. The average molecular weight is 399 g/mol. The molecule has 0 aliphatic carbocycles. The predicted molar refractivity (Wildman–Crippen MR) is 104 cm³/mol. The van der Waals surface area contributed by atoms with Crippen molar-refractivity contribution in [3.8, 4) is 0 Å². The Kier molecular flexibility index (Phi) is 4.57. The maximum Gasteiger partial charge on any atom is 0.449 e. The van der Waals surface area contributed by atoms with Crippen LogP contribution in [-0.2, 0) is 17.5 Å². The third kappa shape index (κ3) is 3.58. The van der Waals surface area contributed by atoms with Crippen molar-refractivity contribution in [1.29, 1.82) is 0 Å². The number of aromatic nitrogens is 3. The number of imidazole rings is 1. The van der Waals surface area contributed by atoms with E-state index < -0.39 is 24.5 Å². The summed E-state index contributed by atoms with van der Waals surface area (Å²) >= 11 is 0. The van der Waals surface area contributed by atoms with E-state index in [1.54, 1.807) is 12.1 Å². The molecule has 0 spiro atoms. The number of benzene rings is 2. The van der Waals surface area contributed by atoms with Crippen LogP contribution in [0.1, 0.15) is 17.1 Å². The fourth-order valence-electron chi connectivity index (χ4n) is 3.26. The van der Waals surface area contributed by atoms with Gasteiger partial charge in [0.2, 0.25) is 5.82 Å². The summed E-state index contributed by atoms with van der Waals surface area (Å²) in [6.45, 7) is 1.32. The minimum atomic E-state index is -4.68. The van der Waals surface area contributed by atoms with Gasteiger partial charge in [-0.25, -0.2) is 10.4 Å². The molecule has 9 heteroatoms.